The first-order valence-electron chi connectivity index (χ1n) is 6.38. The number of benzene rings is 2. The largest absolute Gasteiger partial charge is 0.379 e. The van der Waals surface area contributed by atoms with Crippen molar-refractivity contribution in [1.29, 1.82) is 0 Å². The maximum Gasteiger partial charge on any atom is 0.299 e. The molecule has 0 bridgehead atoms. The summed E-state index contributed by atoms with van der Waals surface area (Å²) in [6, 6.07) is 9.35. The molecule has 0 amide bonds. The van der Waals surface area contributed by atoms with E-state index in [0.29, 0.717) is 13.0 Å². The van der Waals surface area contributed by atoms with Crippen molar-refractivity contribution in [3.05, 3.63) is 74.1 Å². The summed E-state index contributed by atoms with van der Waals surface area (Å²) in [4.78, 5) is 20.3. The Morgan fingerprint density at radius 1 is 1.00 bits per heavy atom. The zero-order valence-electron chi connectivity index (χ0n) is 11.4. The van der Waals surface area contributed by atoms with Gasteiger partial charge in [0.05, 0.1) is 15.9 Å². The van der Waals surface area contributed by atoms with Crippen molar-refractivity contribution in [2.75, 3.05) is 11.9 Å². The number of nitrogens with one attached hydrogen (secondary N) is 1. The number of halogens is 1. The Morgan fingerprint density at radius 2 is 1.68 bits per heavy atom. The Morgan fingerprint density at radius 3 is 2.27 bits per heavy atom. The van der Waals surface area contributed by atoms with Gasteiger partial charge in [-0.1, -0.05) is 12.1 Å². The van der Waals surface area contributed by atoms with Crippen LogP contribution in [0.3, 0.4) is 0 Å². The molecule has 0 radical (unpaired) electrons. The summed E-state index contributed by atoms with van der Waals surface area (Å²) in [5.74, 6) is -0.331. The lowest BCUT2D eigenvalue weighted by atomic mass is 10.1. The molecular formula is C14H12FN3O4. The average Bonchev–Trinajstić information content (AvgIpc) is 2.49. The lowest BCUT2D eigenvalue weighted by Gasteiger charge is -2.07. The Labute approximate surface area is 124 Å². The molecule has 0 aliphatic carbocycles. The van der Waals surface area contributed by atoms with Crippen LogP contribution in [0.4, 0.5) is 21.5 Å². The summed E-state index contributed by atoms with van der Waals surface area (Å²) in [5.41, 5.74) is 0.389. The lowest BCUT2D eigenvalue weighted by molar-refractivity contribution is -0.393. The molecule has 0 spiro atoms. The van der Waals surface area contributed by atoms with E-state index < -0.39 is 9.85 Å². The van der Waals surface area contributed by atoms with Crippen LogP contribution in [0.2, 0.25) is 0 Å². The number of non-ortho nitro benzene ring substituents is 1. The zero-order valence-corrected chi connectivity index (χ0v) is 11.4. The van der Waals surface area contributed by atoms with Crippen LogP contribution in [0, 0.1) is 26.0 Å². The minimum atomic E-state index is -0.685. The van der Waals surface area contributed by atoms with Gasteiger partial charge in [-0.2, -0.15) is 0 Å². The highest BCUT2D eigenvalue weighted by Crippen LogP contribution is 2.28. The highest BCUT2D eigenvalue weighted by atomic mass is 19.1. The summed E-state index contributed by atoms with van der Waals surface area (Å²) in [6.45, 7) is 0.379. The number of hydrogen-bond donors (Lipinski definition) is 1. The summed E-state index contributed by atoms with van der Waals surface area (Å²) in [7, 11) is 0. The molecular weight excluding hydrogens is 293 g/mol. The van der Waals surface area contributed by atoms with E-state index in [2.05, 4.69) is 5.32 Å². The molecule has 2 rings (SSSR count). The van der Waals surface area contributed by atoms with Gasteiger partial charge in [-0.3, -0.25) is 20.2 Å². The van der Waals surface area contributed by atoms with E-state index in [1.807, 2.05) is 0 Å². The minimum absolute atomic E-state index is 0.206. The van der Waals surface area contributed by atoms with Gasteiger partial charge in [-0.15, -0.1) is 0 Å². The van der Waals surface area contributed by atoms with Crippen LogP contribution in [0.25, 0.3) is 0 Å². The van der Waals surface area contributed by atoms with Crippen molar-refractivity contribution < 1.29 is 14.2 Å². The molecule has 22 heavy (non-hydrogen) atoms. The molecule has 0 atom stereocenters. The van der Waals surface area contributed by atoms with Crippen LogP contribution in [-0.4, -0.2) is 16.4 Å². The first-order chi connectivity index (χ1) is 10.5. The van der Waals surface area contributed by atoms with Crippen LogP contribution in [-0.2, 0) is 6.42 Å². The van der Waals surface area contributed by atoms with Gasteiger partial charge in [-0.05, 0) is 30.2 Å². The van der Waals surface area contributed by atoms with E-state index in [9.17, 15) is 24.6 Å². The molecule has 0 fully saturated rings. The van der Waals surface area contributed by atoms with Crippen LogP contribution >= 0.6 is 0 Å². The topological polar surface area (TPSA) is 98.3 Å². The average molecular weight is 305 g/mol. The molecule has 0 saturated heterocycles. The fourth-order valence-corrected chi connectivity index (χ4v) is 1.93. The third-order valence-electron chi connectivity index (χ3n) is 3.03. The first kappa shape index (κ1) is 15.4. The minimum Gasteiger partial charge on any atom is -0.379 e. The Balaban J connectivity index is 2.07. The molecule has 0 saturated carbocycles. The molecule has 7 nitrogen and oxygen atoms in total. The second kappa shape index (κ2) is 6.61. The molecule has 8 heteroatoms. The Kier molecular flexibility index (Phi) is 4.62. The Bertz CT molecular complexity index is 704. The third-order valence-corrected chi connectivity index (χ3v) is 3.03. The normalized spacial score (nSPS) is 10.2. The van der Waals surface area contributed by atoms with Crippen LogP contribution in [0.1, 0.15) is 5.56 Å². The monoisotopic (exact) mass is 305 g/mol. The van der Waals surface area contributed by atoms with Gasteiger partial charge in [0.1, 0.15) is 11.5 Å². The number of nitro benzene ring substituents is 2. The SMILES string of the molecule is O=[N+]([O-])c1ccc(NCCc2ccc(F)cc2)c([N+](=O)[O-])c1. The highest BCUT2D eigenvalue weighted by molar-refractivity contribution is 5.65. The van der Waals surface area contributed by atoms with Crippen molar-refractivity contribution in [2.45, 2.75) is 6.42 Å². The van der Waals surface area contributed by atoms with Crippen LogP contribution < -0.4 is 5.32 Å². The molecule has 1 N–H and O–H groups in total. The zero-order chi connectivity index (χ0) is 16.1. The molecule has 0 heterocycles. The van der Waals surface area contributed by atoms with Crippen LogP contribution in [0.15, 0.2) is 42.5 Å². The van der Waals surface area contributed by atoms with E-state index in [0.717, 1.165) is 11.6 Å². The number of nitro groups is 2. The summed E-state index contributed by atoms with van der Waals surface area (Å²) < 4.78 is 12.8. The van der Waals surface area contributed by atoms with Gasteiger partial charge < -0.3 is 5.32 Å². The molecule has 0 unspecified atom stereocenters. The summed E-state index contributed by atoms with van der Waals surface area (Å²) in [6.07, 6.45) is 0.536. The van der Waals surface area contributed by atoms with Gasteiger partial charge in [0.2, 0.25) is 0 Å². The standard InChI is InChI=1S/C14H12FN3O4/c15-11-3-1-10(2-4-11)7-8-16-13-6-5-12(17(19)20)9-14(13)18(21)22/h1-6,9,16H,7-8H2. The van der Waals surface area contributed by atoms with E-state index in [4.69, 9.17) is 0 Å². The molecule has 2 aromatic rings. The third kappa shape index (κ3) is 3.75. The van der Waals surface area contributed by atoms with Crippen molar-refractivity contribution in [2.24, 2.45) is 0 Å². The van der Waals surface area contributed by atoms with Crippen molar-refractivity contribution in [3.63, 3.8) is 0 Å². The summed E-state index contributed by atoms with van der Waals surface area (Å²) in [5, 5.41) is 24.5. The number of anilines is 1. The molecule has 2 aromatic carbocycles. The van der Waals surface area contributed by atoms with E-state index in [1.165, 1.54) is 24.3 Å². The predicted octanol–water partition coefficient (Wildman–Crippen LogP) is 3.30. The molecule has 0 aliphatic rings. The summed E-state index contributed by atoms with van der Waals surface area (Å²) >= 11 is 0. The van der Waals surface area contributed by atoms with Crippen molar-refractivity contribution in [1.82, 2.24) is 0 Å². The number of rotatable bonds is 6. The van der Waals surface area contributed by atoms with Gasteiger partial charge >= 0.3 is 0 Å². The highest BCUT2D eigenvalue weighted by Gasteiger charge is 2.18. The fourth-order valence-electron chi connectivity index (χ4n) is 1.93. The fraction of sp³-hybridized carbons (Fsp3) is 0.143. The maximum atomic E-state index is 12.8. The van der Waals surface area contributed by atoms with Crippen LogP contribution in [0.5, 0.6) is 0 Å². The van der Waals surface area contributed by atoms with Gasteiger partial charge in [0, 0.05) is 12.6 Å². The van der Waals surface area contributed by atoms with Gasteiger partial charge in [-0.25, -0.2) is 4.39 Å². The Hall–Kier alpha value is -3.03. The number of hydrogen-bond acceptors (Lipinski definition) is 5. The second-order valence-electron chi connectivity index (χ2n) is 4.52. The smallest absolute Gasteiger partial charge is 0.299 e. The van der Waals surface area contributed by atoms with E-state index >= 15 is 0 Å². The molecule has 0 aromatic heterocycles. The van der Waals surface area contributed by atoms with Crippen molar-refractivity contribution >= 4 is 17.1 Å². The second-order valence-corrected chi connectivity index (χ2v) is 4.52. The number of nitrogens with zero attached hydrogens (tertiary/aromatic N) is 2. The molecule has 114 valence electrons. The maximum absolute atomic E-state index is 12.8. The van der Waals surface area contributed by atoms with E-state index in [-0.39, 0.29) is 22.9 Å². The quantitative estimate of drug-likeness (QED) is 0.652. The predicted molar refractivity (Wildman–Crippen MR) is 78.3 cm³/mol. The van der Waals surface area contributed by atoms with Crippen molar-refractivity contribution in [3.8, 4) is 0 Å². The first-order valence-corrected chi connectivity index (χ1v) is 6.38. The lowest BCUT2D eigenvalue weighted by Crippen LogP contribution is -2.07. The van der Waals surface area contributed by atoms with E-state index in [1.54, 1.807) is 12.1 Å². The molecule has 0 aliphatic heterocycles. The van der Waals surface area contributed by atoms with Gasteiger partial charge in [0.25, 0.3) is 11.4 Å². The van der Waals surface area contributed by atoms with Gasteiger partial charge in [0.15, 0.2) is 0 Å².